The number of fused-ring (bicyclic) bond motifs is 2. The van der Waals surface area contributed by atoms with E-state index in [2.05, 4.69) is 4.98 Å². The van der Waals surface area contributed by atoms with Gasteiger partial charge in [-0.25, -0.2) is 9.37 Å². The van der Waals surface area contributed by atoms with Crippen LogP contribution in [0.2, 0.25) is 0 Å². The number of carbonyl (C=O) groups is 1. The molecule has 6 rings (SSSR count). The molecule has 3 aromatic carbocycles. The first-order valence-corrected chi connectivity index (χ1v) is 13.0. The van der Waals surface area contributed by atoms with Gasteiger partial charge < -0.3 is 19.3 Å². The van der Waals surface area contributed by atoms with Crippen molar-refractivity contribution in [1.29, 1.82) is 0 Å². The highest BCUT2D eigenvalue weighted by Gasteiger charge is 2.32. The summed E-state index contributed by atoms with van der Waals surface area (Å²) in [5, 5.41) is 12.2. The second-order valence-corrected chi connectivity index (χ2v) is 10.3. The van der Waals surface area contributed by atoms with Crippen LogP contribution in [0.1, 0.15) is 46.6 Å². The van der Waals surface area contributed by atoms with Crippen molar-refractivity contribution in [2.24, 2.45) is 0 Å². The van der Waals surface area contributed by atoms with Crippen molar-refractivity contribution in [2.75, 3.05) is 6.61 Å². The van der Waals surface area contributed by atoms with Crippen molar-refractivity contribution in [2.45, 2.75) is 38.2 Å². The van der Waals surface area contributed by atoms with Gasteiger partial charge in [0.1, 0.15) is 34.9 Å². The van der Waals surface area contributed by atoms with Gasteiger partial charge in [-0.1, -0.05) is 6.07 Å². The number of aliphatic carboxylic acids is 1. The van der Waals surface area contributed by atoms with Gasteiger partial charge in [0.05, 0.1) is 23.7 Å². The van der Waals surface area contributed by atoms with E-state index in [9.17, 15) is 9.18 Å². The first-order chi connectivity index (χ1) is 17.9. The molecule has 4 aromatic rings. The molecule has 8 heteroatoms. The van der Waals surface area contributed by atoms with Crippen LogP contribution in [0.15, 0.2) is 60.0 Å². The highest BCUT2D eigenvalue weighted by molar-refractivity contribution is 7.09. The summed E-state index contributed by atoms with van der Waals surface area (Å²) < 4.78 is 33.0. The zero-order chi connectivity index (χ0) is 25.5. The molecule has 0 unspecified atom stereocenters. The number of hydrogen-bond acceptors (Lipinski definition) is 6. The maximum absolute atomic E-state index is 15.0. The van der Waals surface area contributed by atoms with Crippen LogP contribution < -0.4 is 14.2 Å². The number of benzene rings is 3. The second kappa shape index (κ2) is 9.52. The van der Waals surface area contributed by atoms with E-state index in [1.807, 2.05) is 42.6 Å². The summed E-state index contributed by atoms with van der Waals surface area (Å²) in [5.74, 6) is 1.11. The van der Waals surface area contributed by atoms with Gasteiger partial charge in [-0.2, -0.15) is 0 Å². The number of carboxylic acids is 1. The van der Waals surface area contributed by atoms with Gasteiger partial charge in [-0.15, -0.1) is 11.3 Å². The molecule has 0 spiro atoms. The molecule has 1 aliphatic carbocycles. The van der Waals surface area contributed by atoms with E-state index in [-0.39, 0.29) is 18.2 Å². The molecule has 6 nitrogen and oxygen atoms in total. The number of carboxylic acid groups (broad SMARTS) is 1. The third-order valence-corrected chi connectivity index (χ3v) is 7.57. The molecule has 0 saturated heterocycles. The molecule has 0 amide bonds. The van der Waals surface area contributed by atoms with Crippen LogP contribution in [0.5, 0.6) is 23.0 Å². The zero-order valence-electron chi connectivity index (χ0n) is 20.1. The van der Waals surface area contributed by atoms with Crippen LogP contribution in [-0.2, 0) is 11.2 Å². The average Bonchev–Trinajstić information content (AvgIpc) is 3.61. The first-order valence-electron chi connectivity index (χ1n) is 12.1. The number of nitrogens with zero attached hydrogens (tertiary/aromatic N) is 1. The number of ether oxygens (including phenoxy) is 3. The van der Waals surface area contributed by atoms with Crippen molar-refractivity contribution >= 4 is 17.3 Å². The minimum atomic E-state index is -0.858. The Morgan fingerprint density at radius 1 is 1.16 bits per heavy atom. The summed E-state index contributed by atoms with van der Waals surface area (Å²) in [6, 6.07) is 16.2. The van der Waals surface area contributed by atoms with Crippen molar-refractivity contribution in [3.05, 3.63) is 87.5 Å². The Labute approximate surface area is 217 Å². The molecular weight excluding hydrogens is 493 g/mol. The van der Waals surface area contributed by atoms with Gasteiger partial charge in [-0.05, 0) is 62.2 Å². The number of aromatic nitrogens is 1. The van der Waals surface area contributed by atoms with E-state index in [4.69, 9.17) is 19.3 Å². The molecule has 0 bridgehead atoms. The van der Waals surface area contributed by atoms with Gasteiger partial charge in [0.2, 0.25) is 0 Å². The fourth-order valence-electron chi connectivity index (χ4n) is 5.05. The summed E-state index contributed by atoms with van der Waals surface area (Å²) in [6.07, 6.45) is 0.813. The van der Waals surface area contributed by atoms with Crippen LogP contribution in [0.4, 0.5) is 4.39 Å². The van der Waals surface area contributed by atoms with Crippen LogP contribution in [0.25, 0.3) is 11.3 Å². The number of hydrogen-bond donors (Lipinski definition) is 1. The summed E-state index contributed by atoms with van der Waals surface area (Å²) in [6.45, 7) is 2.31. The summed E-state index contributed by atoms with van der Waals surface area (Å²) >= 11 is 1.61. The maximum atomic E-state index is 15.0. The monoisotopic (exact) mass is 517 g/mol. The lowest BCUT2D eigenvalue weighted by atomic mass is 9.98. The lowest BCUT2D eigenvalue weighted by Gasteiger charge is -2.17. The predicted octanol–water partition coefficient (Wildman–Crippen LogP) is 7.07. The summed E-state index contributed by atoms with van der Waals surface area (Å²) in [5.41, 5.74) is 4.13. The number of halogens is 1. The molecule has 0 fully saturated rings. The Balaban J connectivity index is 1.20. The van der Waals surface area contributed by atoms with Crippen LogP contribution >= 0.6 is 11.3 Å². The highest BCUT2D eigenvalue weighted by Crippen LogP contribution is 2.44. The van der Waals surface area contributed by atoms with E-state index in [1.54, 1.807) is 29.5 Å². The number of aryl methyl sites for hydroxylation is 1. The first kappa shape index (κ1) is 23.5. The molecule has 0 saturated carbocycles. The molecule has 1 N–H and O–H groups in total. The molecule has 2 heterocycles. The van der Waals surface area contributed by atoms with E-state index in [1.165, 1.54) is 6.07 Å². The lowest BCUT2D eigenvalue weighted by Crippen LogP contribution is -2.07. The van der Waals surface area contributed by atoms with E-state index in [0.29, 0.717) is 48.0 Å². The largest absolute Gasteiger partial charge is 0.492 e. The minimum Gasteiger partial charge on any atom is -0.492 e. The molecule has 0 radical (unpaired) electrons. The minimum absolute atomic E-state index is 0.0183. The molecular formula is C29H24FNO5S. The molecule has 188 valence electrons. The summed E-state index contributed by atoms with van der Waals surface area (Å²) in [4.78, 5) is 15.6. The maximum Gasteiger partial charge on any atom is 0.304 e. The Morgan fingerprint density at radius 3 is 2.73 bits per heavy atom. The van der Waals surface area contributed by atoms with Crippen molar-refractivity contribution in [3.8, 4) is 34.3 Å². The van der Waals surface area contributed by atoms with Gasteiger partial charge in [0.15, 0.2) is 0 Å². The molecule has 1 aromatic heterocycles. The average molecular weight is 518 g/mol. The Kier molecular flexibility index (Phi) is 6.04. The standard InChI is InChI=1S/C29H24FNO5S/c1-16-31-24(15-37-16)17-2-4-19(5-3-17)35-25-11-9-23(30)29-22(25)8-10-26(29)36-20-6-7-21-18(12-28(32)33)14-34-27(21)13-20/h2-7,9,11,13,15,18,26H,8,10,12,14H2,1H3,(H,32,33)/t18-,26-/m1/s1. The zero-order valence-corrected chi connectivity index (χ0v) is 20.9. The number of rotatable bonds is 7. The second-order valence-electron chi connectivity index (χ2n) is 9.27. The van der Waals surface area contributed by atoms with Crippen molar-refractivity contribution < 1.29 is 28.5 Å². The van der Waals surface area contributed by atoms with Crippen LogP contribution in [-0.4, -0.2) is 22.7 Å². The lowest BCUT2D eigenvalue weighted by molar-refractivity contribution is -0.137. The SMILES string of the molecule is Cc1nc(-c2ccc(Oc3ccc(F)c4c3CC[C@H]4Oc3ccc4c(c3)OC[C@H]4CC(=O)O)cc2)cs1. The van der Waals surface area contributed by atoms with Crippen molar-refractivity contribution in [1.82, 2.24) is 4.98 Å². The van der Waals surface area contributed by atoms with E-state index in [0.717, 1.165) is 27.4 Å². The van der Waals surface area contributed by atoms with Gasteiger partial charge in [0.25, 0.3) is 0 Å². The molecule has 1 aliphatic heterocycles. The van der Waals surface area contributed by atoms with Gasteiger partial charge >= 0.3 is 5.97 Å². The third kappa shape index (κ3) is 4.64. The summed E-state index contributed by atoms with van der Waals surface area (Å²) in [7, 11) is 0. The smallest absolute Gasteiger partial charge is 0.304 e. The van der Waals surface area contributed by atoms with Crippen LogP contribution in [0.3, 0.4) is 0 Å². The fourth-order valence-corrected chi connectivity index (χ4v) is 5.67. The normalized spacial score (nSPS) is 17.7. The van der Waals surface area contributed by atoms with Crippen molar-refractivity contribution in [3.63, 3.8) is 0 Å². The number of thiazole rings is 1. The van der Waals surface area contributed by atoms with Gasteiger partial charge in [-0.3, -0.25) is 4.79 Å². The Morgan fingerprint density at radius 2 is 1.97 bits per heavy atom. The Hall–Kier alpha value is -3.91. The van der Waals surface area contributed by atoms with Gasteiger partial charge in [0, 0.05) is 39.6 Å². The molecule has 37 heavy (non-hydrogen) atoms. The highest BCUT2D eigenvalue weighted by atomic mass is 32.1. The van der Waals surface area contributed by atoms with E-state index >= 15 is 0 Å². The third-order valence-electron chi connectivity index (χ3n) is 6.80. The quantitative estimate of drug-likeness (QED) is 0.283. The molecule has 2 aliphatic rings. The fraction of sp³-hybridized carbons (Fsp3) is 0.241. The Bertz CT molecular complexity index is 1480. The molecule has 2 atom stereocenters. The van der Waals surface area contributed by atoms with Crippen LogP contribution in [0, 0.1) is 12.7 Å². The predicted molar refractivity (Wildman–Crippen MR) is 137 cm³/mol. The van der Waals surface area contributed by atoms with E-state index < -0.39 is 12.1 Å². The topological polar surface area (TPSA) is 77.9 Å².